The second-order valence-corrected chi connectivity index (χ2v) is 6.05. The molecule has 1 amide bonds. The van der Waals surface area contributed by atoms with Gasteiger partial charge in [-0.25, -0.2) is 0 Å². The summed E-state index contributed by atoms with van der Waals surface area (Å²) in [5.41, 5.74) is 6.08. The third-order valence-electron chi connectivity index (χ3n) is 4.11. The minimum absolute atomic E-state index is 0.0881. The lowest BCUT2D eigenvalue weighted by atomic mass is 9.79. The standard InChI is InChI=1S/C14H22N4OS/c1-10-9-11(18(2)17-10)16-13(19)14(12(15)20)7-5-3-4-6-8-14/h9H,3-8H2,1-2H3,(H2,15,20)(H,16,19). The van der Waals surface area contributed by atoms with Gasteiger partial charge in [0.25, 0.3) is 0 Å². The molecule has 0 bridgehead atoms. The second-order valence-electron chi connectivity index (χ2n) is 5.61. The summed E-state index contributed by atoms with van der Waals surface area (Å²) < 4.78 is 1.66. The van der Waals surface area contributed by atoms with Gasteiger partial charge in [0.15, 0.2) is 0 Å². The molecule has 2 rings (SSSR count). The number of nitrogens with two attached hydrogens (primary N) is 1. The van der Waals surface area contributed by atoms with E-state index >= 15 is 0 Å². The zero-order valence-corrected chi connectivity index (χ0v) is 12.9. The van der Waals surface area contributed by atoms with Crippen LogP contribution in [-0.2, 0) is 11.8 Å². The van der Waals surface area contributed by atoms with Crippen molar-refractivity contribution >= 4 is 28.9 Å². The Hall–Kier alpha value is -1.43. The number of thiocarbonyl (C=S) groups is 1. The fraction of sp³-hybridized carbons (Fsp3) is 0.643. The molecule has 0 unspecified atom stereocenters. The van der Waals surface area contributed by atoms with Gasteiger partial charge in [-0.2, -0.15) is 5.10 Å². The van der Waals surface area contributed by atoms with Crippen molar-refractivity contribution in [2.45, 2.75) is 45.4 Å². The molecule has 1 aromatic heterocycles. The van der Waals surface area contributed by atoms with Gasteiger partial charge < -0.3 is 11.1 Å². The molecule has 0 saturated heterocycles. The summed E-state index contributed by atoms with van der Waals surface area (Å²) in [4.78, 5) is 13.0. The van der Waals surface area contributed by atoms with Gasteiger partial charge in [-0.15, -0.1) is 0 Å². The van der Waals surface area contributed by atoms with Crippen molar-refractivity contribution in [3.8, 4) is 0 Å². The van der Waals surface area contributed by atoms with Crippen LogP contribution < -0.4 is 11.1 Å². The molecule has 6 heteroatoms. The number of aromatic nitrogens is 2. The van der Waals surface area contributed by atoms with Gasteiger partial charge in [0.1, 0.15) is 5.82 Å². The Balaban J connectivity index is 2.23. The first kappa shape index (κ1) is 15.0. The van der Waals surface area contributed by atoms with Gasteiger partial charge in [0.2, 0.25) is 5.91 Å². The number of anilines is 1. The Labute approximate surface area is 124 Å². The highest BCUT2D eigenvalue weighted by Gasteiger charge is 2.41. The topological polar surface area (TPSA) is 72.9 Å². The van der Waals surface area contributed by atoms with Crippen molar-refractivity contribution in [1.82, 2.24) is 9.78 Å². The van der Waals surface area contributed by atoms with Crippen LogP contribution in [0.5, 0.6) is 0 Å². The Bertz CT molecular complexity index is 515. The van der Waals surface area contributed by atoms with Crippen LogP contribution in [0.4, 0.5) is 5.82 Å². The number of hydrogen-bond donors (Lipinski definition) is 2. The van der Waals surface area contributed by atoms with Crippen LogP contribution in [0.15, 0.2) is 6.07 Å². The SMILES string of the molecule is Cc1cc(NC(=O)C2(C(N)=S)CCCCCC2)n(C)n1. The van der Waals surface area contributed by atoms with Gasteiger partial charge >= 0.3 is 0 Å². The Morgan fingerprint density at radius 1 is 1.40 bits per heavy atom. The Morgan fingerprint density at radius 2 is 2.00 bits per heavy atom. The van der Waals surface area contributed by atoms with E-state index in [2.05, 4.69) is 10.4 Å². The molecule has 0 aromatic carbocycles. The first-order valence-corrected chi connectivity index (χ1v) is 7.48. The van der Waals surface area contributed by atoms with Crippen molar-refractivity contribution in [3.63, 3.8) is 0 Å². The monoisotopic (exact) mass is 294 g/mol. The van der Waals surface area contributed by atoms with Crippen LogP contribution >= 0.6 is 12.2 Å². The second kappa shape index (κ2) is 5.91. The van der Waals surface area contributed by atoms with Crippen molar-refractivity contribution < 1.29 is 4.79 Å². The van der Waals surface area contributed by atoms with Crippen molar-refractivity contribution in [2.75, 3.05) is 5.32 Å². The summed E-state index contributed by atoms with van der Waals surface area (Å²) in [5, 5.41) is 7.18. The Morgan fingerprint density at radius 3 is 2.45 bits per heavy atom. The van der Waals surface area contributed by atoms with E-state index in [4.69, 9.17) is 18.0 Å². The average Bonchev–Trinajstić information content (AvgIpc) is 2.60. The van der Waals surface area contributed by atoms with Crippen LogP contribution in [0.25, 0.3) is 0 Å². The number of carbonyl (C=O) groups is 1. The highest BCUT2D eigenvalue weighted by molar-refractivity contribution is 7.80. The third kappa shape index (κ3) is 2.85. The number of rotatable bonds is 3. The number of aryl methyl sites for hydroxylation is 2. The number of nitrogens with zero attached hydrogens (tertiary/aromatic N) is 2. The largest absolute Gasteiger partial charge is 0.392 e. The molecule has 1 aromatic rings. The molecule has 110 valence electrons. The van der Waals surface area contributed by atoms with E-state index in [1.54, 1.807) is 4.68 Å². The lowest BCUT2D eigenvalue weighted by Crippen LogP contribution is -2.46. The molecule has 5 nitrogen and oxygen atoms in total. The molecule has 1 aliphatic carbocycles. The van der Waals surface area contributed by atoms with E-state index in [-0.39, 0.29) is 5.91 Å². The van der Waals surface area contributed by atoms with Crippen LogP contribution in [0.3, 0.4) is 0 Å². The predicted octanol–water partition coefficient (Wildman–Crippen LogP) is 2.29. The molecule has 0 aliphatic heterocycles. The average molecular weight is 294 g/mol. The number of nitrogens with one attached hydrogen (secondary N) is 1. The summed E-state index contributed by atoms with van der Waals surface area (Å²) in [7, 11) is 1.81. The number of hydrogen-bond acceptors (Lipinski definition) is 3. The van der Waals surface area contributed by atoms with Crippen LogP contribution in [0.2, 0.25) is 0 Å². The summed E-state index contributed by atoms with van der Waals surface area (Å²) in [6, 6.07) is 1.85. The first-order valence-electron chi connectivity index (χ1n) is 7.08. The fourth-order valence-electron chi connectivity index (χ4n) is 2.88. The van der Waals surface area contributed by atoms with E-state index in [9.17, 15) is 4.79 Å². The maximum atomic E-state index is 12.7. The lowest BCUT2D eigenvalue weighted by Gasteiger charge is -2.30. The zero-order chi connectivity index (χ0) is 14.8. The first-order chi connectivity index (χ1) is 9.45. The summed E-state index contributed by atoms with van der Waals surface area (Å²) in [5.74, 6) is 0.599. The molecule has 0 spiro atoms. The smallest absolute Gasteiger partial charge is 0.238 e. The Kier molecular flexibility index (Phi) is 4.42. The maximum Gasteiger partial charge on any atom is 0.238 e. The summed E-state index contributed by atoms with van der Waals surface area (Å²) in [6.45, 7) is 1.89. The highest BCUT2D eigenvalue weighted by Crippen LogP contribution is 2.36. The van der Waals surface area contributed by atoms with Gasteiger partial charge in [0, 0.05) is 13.1 Å². The van der Waals surface area contributed by atoms with Crippen LogP contribution in [0, 0.1) is 12.3 Å². The van der Waals surface area contributed by atoms with Crippen molar-refractivity contribution in [1.29, 1.82) is 0 Å². The highest BCUT2D eigenvalue weighted by atomic mass is 32.1. The molecule has 1 heterocycles. The minimum atomic E-state index is -0.704. The molecular formula is C14H22N4OS. The minimum Gasteiger partial charge on any atom is -0.392 e. The van der Waals surface area contributed by atoms with Gasteiger partial charge in [0.05, 0.1) is 16.1 Å². The molecule has 0 atom stereocenters. The van der Waals surface area contributed by atoms with E-state index in [1.807, 2.05) is 20.0 Å². The van der Waals surface area contributed by atoms with Crippen LogP contribution in [-0.4, -0.2) is 20.7 Å². The molecule has 3 N–H and O–H groups in total. The van der Waals surface area contributed by atoms with Crippen LogP contribution in [0.1, 0.15) is 44.2 Å². The normalized spacial score (nSPS) is 18.3. The van der Waals surface area contributed by atoms with Gasteiger partial charge in [-0.05, 0) is 19.8 Å². The zero-order valence-electron chi connectivity index (χ0n) is 12.1. The van der Waals surface area contributed by atoms with E-state index in [0.717, 1.165) is 44.2 Å². The summed E-state index contributed by atoms with van der Waals surface area (Å²) >= 11 is 5.21. The fourth-order valence-corrected chi connectivity index (χ4v) is 3.18. The molecule has 1 aliphatic rings. The lowest BCUT2D eigenvalue weighted by molar-refractivity contribution is -0.122. The quantitative estimate of drug-likeness (QED) is 0.662. The number of carbonyl (C=O) groups excluding carboxylic acids is 1. The number of amides is 1. The molecule has 1 fully saturated rings. The van der Waals surface area contributed by atoms with Gasteiger partial charge in [-0.1, -0.05) is 37.9 Å². The van der Waals surface area contributed by atoms with Crippen molar-refractivity contribution in [2.24, 2.45) is 18.2 Å². The van der Waals surface area contributed by atoms with E-state index < -0.39 is 5.41 Å². The third-order valence-corrected chi connectivity index (χ3v) is 4.50. The van der Waals surface area contributed by atoms with Gasteiger partial charge in [-0.3, -0.25) is 9.48 Å². The van der Waals surface area contributed by atoms with E-state index in [1.165, 1.54) is 0 Å². The molecule has 1 saturated carbocycles. The maximum absolute atomic E-state index is 12.7. The predicted molar refractivity (Wildman–Crippen MR) is 83.5 cm³/mol. The molecular weight excluding hydrogens is 272 g/mol. The molecule has 20 heavy (non-hydrogen) atoms. The summed E-state index contributed by atoms with van der Waals surface area (Å²) in [6.07, 6.45) is 5.76. The van der Waals surface area contributed by atoms with Crippen molar-refractivity contribution in [3.05, 3.63) is 11.8 Å². The van der Waals surface area contributed by atoms with E-state index in [0.29, 0.717) is 10.8 Å². The molecule has 0 radical (unpaired) electrons.